The summed E-state index contributed by atoms with van der Waals surface area (Å²) in [7, 11) is 0. The van der Waals surface area contributed by atoms with Gasteiger partial charge in [-0.2, -0.15) is 0 Å². The molecule has 0 fully saturated rings. The monoisotopic (exact) mass is 272 g/mol. The molecule has 0 aliphatic carbocycles. The van der Waals surface area contributed by atoms with Crippen LogP contribution in [0.25, 0.3) is 0 Å². The summed E-state index contributed by atoms with van der Waals surface area (Å²) in [6, 6.07) is 11.9. The van der Waals surface area contributed by atoms with Gasteiger partial charge in [-0.15, -0.1) is 0 Å². The molecule has 0 bridgehead atoms. The number of hydrogen-bond acceptors (Lipinski definition) is 2. The second-order valence-electron chi connectivity index (χ2n) is 4.46. The topological polar surface area (TPSA) is 41.1 Å². The third-order valence-corrected chi connectivity index (χ3v) is 3.00. The number of carbonyl (C=O) groups is 1. The Balaban J connectivity index is 2.29. The average molecular weight is 272 g/mol. The number of hydrogen-bond donors (Lipinski definition) is 2. The molecule has 2 rings (SSSR count). The minimum absolute atomic E-state index is 0.226. The van der Waals surface area contributed by atoms with E-state index in [4.69, 9.17) is 0 Å². The fourth-order valence-corrected chi connectivity index (χ4v) is 2.00. The van der Waals surface area contributed by atoms with Crippen molar-refractivity contribution < 1.29 is 9.18 Å². The van der Waals surface area contributed by atoms with E-state index in [0.717, 1.165) is 5.69 Å². The molecule has 2 aromatic rings. The highest BCUT2D eigenvalue weighted by atomic mass is 19.1. The van der Waals surface area contributed by atoms with Gasteiger partial charge in [-0.25, -0.2) is 4.39 Å². The van der Waals surface area contributed by atoms with Crippen LogP contribution in [0.2, 0.25) is 0 Å². The molecule has 0 aliphatic rings. The van der Waals surface area contributed by atoms with E-state index in [1.165, 1.54) is 6.07 Å². The van der Waals surface area contributed by atoms with Crippen LogP contribution < -0.4 is 10.6 Å². The highest BCUT2D eigenvalue weighted by Crippen LogP contribution is 2.21. The lowest BCUT2D eigenvalue weighted by Crippen LogP contribution is -2.16. The molecule has 0 atom stereocenters. The Morgan fingerprint density at radius 3 is 2.60 bits per heavy atom. The van der Waals surface area contributed by atoms with Gasteiger partial charge >= 0.3 is 0 Å². The van der Waals surface area contributed by atoms with Crippen LogP contribution in [0.15, 0.2) is 42.5 Å². The van der Waals surface area contributed by atoms with Crippen molar-refractivity contribution in [1.29, 1.82) is 0 Å². The van der Waals surface area contributed by atoms with Crippen molar-refractivity contribution in [1.82, 2.24) is 0 Å². The van der Waals surface area contributed by atoms with Gasteiger partial charge in [0.25, 0.3) is 5.91 Å². The summed E-state index contributed by atoms with van der Waals surface area (Å²) < 4.78 is 13.7. The maximum atomic E-state index is 13.7. The molecule has 2 aromatic carbocycles. The van der Waals surface area contributed by atoms with E-state index in [0.29, 0.717) is 17.7 Å². The molecule has 20 heavy (non-hydrogen) atoms. The molecule has 0 aromatic heterocycles. The predicted molar refractivity (Wildman–Crippen MR) is 79.7 cm³/mol. The Morgan fingerprint density at radius 2 is 1.90 bits per heavy atom. The number of amides is 1. The number of benzene rings is 2. The molecule has 0 unspecified atom stereocenters. The van der Waals surface area contributed by atoms with Crippen LogP contribution in [-0.2, 0) is 0 Å². The molecular formula is C16H17FN2O. The largest absolute Gasteiger partial charge is 0.385 e. The number of nitrogens with one attached hydrogen (secondary N) is 2. The van der Waals surface area contributed by atoms with Crippen molar-refractivity contribution in [3.63, 3.8) is 0 Å². The third-order valence-electron chi connectivity index (χ3n) is 3.00. The fraction of sp³-hybridized carbons (Fsp3) is 0.188. The zero-order valence-corrected chi connectivity index (χ0v) is 11.5. The SMILES string of the molecule is CCNc1ccccc1C(=O)Nc1c(C)cccc1F. The van der Waals surface area contributed by atoms with Gasteiger partial charge in [-0.3, -0.25) is 4.79 Å². The zero-order valence-electron chi connectivity index (χ0n) is 11.5. The molecule has 4 heteroatoms. The summed E-state index contributed by atoms with van der Waals surface area (Å²) in [5.41, 5.74) is 2.15. The molecule has 0 aliphatic heterocycles. The van der Waals surface area contributed by atoms with Crippen molar-refractivity contribution >= 4 is 17.3 Å². The van der Waals surface area contributed by atoms with Gasteiger partial charge in [0.05, 0.1) is 11.3 Å². The van der Waals surface area contributed by atoms with Gasteiger partial charge in [0, 0.05) is 12.2 Å². The van der Waals surface area contributed by atoms with Crippen LogP contribution in [0.4, 0.5) is 15.8 Å². The lowest BCUT2D eigenvalue weighted by atomic mass is 10.1. The molecule has 0 heterocycles. The first-order chi connectivity index (χ1) is 9.63. The molecular weight excluding hydrogens is 255 g/mol. The van der Waals surface area contributed by atoms with E-state index >= 15 is 0 Å². The highest BCUT2D eigenvalue weighted by molar-refractivity contribution is 6.08. The number of aryl methyl sites for hydroxylation is 1. The van der Waals surface area contributed by atoms with Crippen LogP contribution in [-0.4, -0.2) is 12.5 Å². The summed E-state index contributed by atoms with van der Waals surface area (Å²) in [5, 5.41) is 5.76. The third kappa shape index (κ3) is 2.96. The average Bonchev–Trinajstić information content (AvgIpc) is 2.44. The summed E-state index contributed by atoms with van der Waals surface area (Å²) in [6.07, 6.45) is 0. The minimum Gasteiger partial charge on any atom is -0.385 e. The van der Waals surface area contributed by atoms with Crippen LogP contribution in [0.3, 0.4) is 0 Å². The maximum absolute atomic E-state index is 13.7. The molecule has 0 radical (unpaired) electrons. The number of para-hydroxylation sites is 2. The number of rotatable bonds is 4. The Bertz CT molecular complexity index is 605. The summed E-state index contributed by atoms with van der Waals surface area (Å²) in [6.45, 7) is 4.42. The lowest BCUT2D eigenvalue weighted by Gasteiger charge is -2.12. The van der Waals surface area contributed by atoms with Crippen LogP contribution in [0.1, 0.15) is 22.8 Å². The van der Waals surface area contributed by atoms with E-state index < -0.39 is 5.82 Å². The first-order valence-corrected chi connectivity index (χ1v) is 6.53. The molecule has 0 spiro atoms. The molecule has 2 N–H and O–H groups in total. The van der Waals surface area contributed by atoms with Crippen molar-refractivity contribution in [2.45, 2.75) is 13.8 Å². The molecule has 0 saturated carbocycles. The lowest BCUT2D eigenvalue weighted by molar-refractivity contribution is 0.102. The first kappa shape index (κ1) is 14.1. The Hall–Kier alpha value is -2.36. The van der Waals surface area contributed by atoms with Gasteiger partial charge in [0.2, 0.25) is 0 Å². The quantitative estimate of drug-likeness (QED) is 0.888. The predicted octanol–water partition coefficient (Wildman–Crippen LogP) is 3.82. The van der Waals surface area contributed by atoms with Crippen LogP contribution >= 0.6 is 0 Å². The van der Waals surface area contributed by atoms with Crippen molar-refractivity contribution in [3.05, 3.63) is 59.4 Å². The first-order valence-electron chi connectivity index (χ1n) is 6.53. The number of anilines is 2. The van der Waals surface area contributed by atoms with Crippen molar-refractivity contribution in [3.8, 4) is 0 Å². The molecule has 104 valence electrons. The molecule has 0 saturated heterocycles. The van der Waals surface area contributed by atoms with Crippen LogP contribution in [0, 0.1) is 12.7 Å². The summed E-state index contributed by atoms with van der Waals surface area (Å²) >= 11 is 0. The molecule has 1 amide bonds. The Labute approximate surface area is 117 Å². The van der Waals surface area contributed by atoms with E-state index in [9.17, 15) is 9.18 Å². The Kier molecular flexibility index (Phi) is 4.35. The van der Waals surface area contributed by atoms with Crippen molar-refractivity contribution in [2.24, 2.45) is 0 Å². The van der Waals surface area contributed by atoms with E-state index in [1.807, 2.05) is 19.1 Å². The van der Waals surface area contributed by atoms with Gasteiger partial charge in [0.1, 0.15) is 5.82 Å². The standard InChI is InChI=1S/C16H17FN2O/c1-3-18-14-10-5-4-8-12(14)16(20)19-15-11(2)7-6-9-13(15)17/h4-10,18H,3H2,1-2H3,(H,19,20). The van der Waals surface area contributed by atoms with Gasteiger partial charge in [-0.1, -0.05) is 24.3 Å². The fourth-order valence-electron chi connectivity index (χ4n) is 2.00. The second-order valence-corrected chi connectivity index (χ2v) is 4.46. The van der Waals surface area contributed by atoms with E-state index in [2.05, 4.69) is 10.6 Å². The maximum Gasteiger partial charge on any atom is 0.257 e. The number of carbonyl (C=O) groups excluding carboxylic acids is 1. The van der Waals surface area contributed by atoms with Gasteiger partial charge < -0.3 is 10.6 Å². The number of halogens is 1. The van der Waals surface area contributed by atoms with Gasteiger partial charge in [-0.05, 0) is 37.6 Å². The van der Waals surface area contributed by atoms with E-state index in [-0.39, 0.29) is 11.6 Å². The van der Waals surface area contributed by atoms with Crippen LogP contribution in [0.5, 0.6) is 0 Å². The van der Waals surface area contributed by atoms with E-state index in [1.54, 1.807) is 31.2 Å². The van der Waals surface area contributed by atoms with Gasteiger partial charge in [0.15, 0.2) is 0 Å². The highest BCUT2D eigenvalue weighted by Gasteiger charge is 2.14. The summed E-state index contributed by atoms with van der Waals surface area (Å²) in [4.78, 5) is 12.3. The Morgan fingerprint density at radius 1 is 1.15 bits per heavy atom. The molecule has 3 nitrogen and oxygen atoms in total. The summed E-state index contributed by atoms with van der Waals surface area (Å²) in [5.74, 6) is -0.756. The second kappa shape index (κ2) is 6.19. The zero-order chi connectivity index (χ0) is 14.5. The minimum atomic E-state index is -0.431. The normalized spacial score (nSPS) is 10.2. The smallest absolute Gasteiger partial charge is 0.257 e. The van der Waals surface area contributed by atoms with Crippen molar-refractivity contribution in [2.75, 3.05) is 17.2 Å².